The number of urea groups is 1. The number of carbonyl (C=O) groups is 2. The fourth-order valence-corrected chi connectivity index (χ4v) is 2.08. The van der Waals surface area contributed by atoms with E-state index in [0.29, 0.717) is 19.4 Å². The standard InChI is InChI=1S/C13H25N3O4/c1-2-4-11(12(17)18)15-13(19)14-5-3-6-16-7-9-20-10-8-16/h11H,2-10H2,1H3,(H,17,18)(H2,14,15,19)/t11-/m0/s1. The van der Waals surface area contributed by atoms with Crippen LogP contribution in [-0.2, 0) is 9.53 Å². The smallest absolute Gasteiger partial charge is 0.326 e. The third-order valence-corrected chi connectivity index (χ3v) is 3.22. The lowest BCUT2D eigenvalue weighted by Crippen LogP contribution is -2.46. The van der Waals surface area contributed by atoms with Crippen molar-refractivity contribution in [3.63, 3.8) is 0 Å². The van der Waals surface area contributed by atoms with Crippen molar-refractivity contribution in [2.75, 3.05) is 39.4 Å². The SMILES string of the molecule is CCC[C@H](NC(=O)NCCCN1CCOCC1)C(=O)O. The van der Waals surface area contributed by atoms with Gasteiger partial charge in [0.15, 0.2) is 0 Å². The number of morpholine rings is 1. The number of hydrogen-bond acceptors (Lipinski definition) is 4. The summed E-state index contributed by atoms with van der Waals surface area (Å²) >= 11 is 0. The number of ether oxygens (including phenoxy) is 1. The molecule has 1 heterocycles. The van der Waals surface area contributed by atoms with Crippen molar-refractivity contribution in [2.45, 2.75) is 32.2 Å². The molecule has 1 saturated heterocycles. The van der Waals surface area contributed by atoms with Gasteiger partial charge in [0.1, 0.15) is 6.04 Å². The molecule has 20 heavy (non-hydrogen) atoms. The van der Waals surface area contributed by atoms with Crippen molar-refractivity contribution in [3.8, 4) is 0 Å². The Labute approximate surface area is 119 Å². The van der Waals surface area contributed by atoms with Crippen LogP contribution in [0.1, 0.15) is 26.2 Å². The summed E-state index contributed by atoms with van der Waals surface area (Å²) in [6.45, 7) is 6.75. The number of aliphatic carboxylic acids is 1. The third-order valence-electron chi connectivity index (χ3n) is 3.22. The first-order chi connectivity index (χ1) is 9.63. The van der Waals surface area contributed by atoms with Gasteiger partial charge < -0.3 is 20.5 Å². The molecule has 0 unspecified atom stereocenters. The summed E-state index contributed by atoms with van der Waals surface area (Å²) in [4.78, 5) is 24.8. The Morgan fingerprint density at radius 2 is 2.05 bits per heavy atom. The van der Waals surface area contributed by atoms with Crippen LogP contribution in [0.5, 0.6) is 0 Å². The summed E-state index contributed by atoms with van der Waals surface area (Å²) < 4.78 is 5.26. The molecule has 1 aliphatic heterocycles. The van der Waals surface area contributed by atoms with Crippen LogP contribution in [0, 0.1) is 0 Å². The Balaban J connectivity index is 2.10. The maximum atomic E-state index is 11.6. The average Bonchev–Trinajstić information content (AvgIpc) is 2.44. The number of nitrogens with zero attached hydrogens (tertiary/aromatic N) is 1. The molecule has 0 aromatic rings. The van der Waals surface area contributed by atoms with E-state index in [1.54, 1.807) is 0 Å². The van der Waals surface area contributed by atoms with E-state index in [2.05, 4.69) is 15.5 Å². The fraction of sp³-hybridized carbons (Fsp3) is 0.846. The van der Waals surface area contributed by atoms with Crippen molar-refractivity contribution in [3.05, 3.63) is 0 Å². The van der Waals surface area contributed by atoms with Crippen molar-refractivity contribution in [1.29, 1.82) is 0 Å². The highest BCUT2D eigenvalue weighted by Crippen LogP contribution is 1.98. The zero-order valence-electron chi connectivity index (χ0n) is 12.1. The molecule has 7 heteroatoms. The van der Waals surface area contributed by atoms with E-state index in [4.69, 9.17) is 9.84 Å². The Morgan fingerprint density at radius 1 is 1.35 bits per heavy atom. The van der Waals surface area contributed by atoms with Gasteiger partial charge in [-0.25, -0.2) is 9.59 Å². The molecule has 2 amide bonds. The molecule has 0 aromatic heterocycles. The van der Waals surface area contributed by atoms with E-state index in [-0.39, 0.29) is 0 Å². The molecule has 0 saturated carbocycles. The van der Waals surface area contributed by atoms with Crippen molar-refractivity contribution in [2.24, 2.45) is 0 Å². The van der Waals surface area contributed by atoms with Gasteiger partial charge in [0.2, 0.25) is 0 Å². The van der Waals surface area contributed by atoms with Crippen LogP contribution >= 0.6 is 0 Å². The van der Waals surface area contributed by atoms with Gasteiger partial charge in [-0.15, -0.1) is 0 Å². The number of rotatable bonds is 8. The molecule has 0 aromatic carbocycles. The van der Waals surface area contributed by atoms with E-state index < -0.39 is 18.0 Å². The van der Waals surface area contributed by atoms with Crippen molar-refractivity contribution in [1.82, 2.24) is 15.5 Å². The number of hydrogen-bond donors (Lipinski definition) is 3. The highest BCUT2D eigenvalue weighted by molar-refractivity contribution is 5.82. The molecule has 116 valence electrons. The third kappa shape index (κ3) is 6.72. The average molecular weight is 287 g/mol. The first-order valence-electron chi connectivity index (χ1n) is 7.20. The Morgan fingerprint density at radius 3 is 2.65 bits per heavy atom. The zero-order valence-corrected chi connectivity index (χ0v) is 12.1. The van der Waals surface area contributed by atoms with Gasteiger partial charge in [-0.3, -0.25) is 4.90 Å². The number of amides is 2. The summed E-state index contributed by atoms with van der Waals surface area (Å²) in [7, 11) is 0. The summed E-state index contributed by atoms with van der Waals surface area (Å²) in [5.41, 5.74) is 0. The monoisotopic (exact) mass is 287 g/mol. The highest BCUT2D eigenvalue weighted by Gasteiger charge is 2.18. The first-order valence-corrected chi connectivity index (χ1v) is 7.20. The highest BCUT2D eigenvalue weighted by atomic mass is 16.5. The van der Waals surface area contributed by atoms with E-state index in [1.807, 2.05) is 6.92 Å². The number of carbonyl (C=O) groups excluding carboxylic acids is 1. The normalized spacial score (nSPS) is 17.4. The van der Waals surface area contributed by atoms with Crippen LogP contribution < -0.4 is 10.6 Å². The minimum absolute atomic E-state index is 0.409. The lowest BCUT2D eigenvalue weighted by Gasteiger charge is -2.26. The first kappa shape index (κ1) is 16.7. The second-order valence-electron chi connectivity index (χ2n) is 4.89. The molecule has 1 rings (SSSR count). The quantitative estimate of drug-likeness (QED) is 0.557. The molecular weight excluding hydrogens is 262 g/mol. The summed E-state index contributed by atoms with van der Waals surface area (Å²) in [6, 6.07) is -1.22. The molecule has 7 nitrogen and oxygen atoms in total. The van der Waals surface area contributed by atoms with E-state index in [9.17, 15) is 9.59 Å². The molecule has 3 N–H and O–H groups in total. The molecule has 0 aliphatic carbocycles. The minimum Gasteiger partial charge on any atom is -0.480 e. The van der Waals surface area contributed by atoms with Crippen LogP contribution in [0.2, 0.25) is 0 Å². The van der Waals surface area contributed by atoms with Crippen LogP contribution in [0.4, 0.5) is 4.79 Å². The van der Waals surface area contributed by atoms with Gasteiger partial charge in [-0.1, -0.05) is 13.3 Å². The van der Waals surface area contributed by atoms with Gasteiger partial charge in [-0.05, 0) is 19.4 Å². The molecule has 0 bridgehead atoms. The summed E-state index contributed by atoms with van der Waals surface area (Å²) in [5.74, 6) is -0.990. The maximum absolute atomic E-state index is 11.6. The molecule has 1 atom stereocenters. The Hall–Kier alpha value is -1.34. The van der Waals surface area contributed by atoms with Gasteiger partial charge in [-0.2, -0.15) is 0 Å². The largest absolute Gasteiger partial charge is 0.480 e. The zero-order chi connectivity index (χ0) is 14.8. The Kier molecular flexibility index (Phi) is 7.98. The van der Waals surface area contributed by atoms with Gasteiger partial charge in [0.25, 0.3) is 0 Å². The second-order valence-corrected chi connectivity index (χ2v) is 4.89. The second kappa shape index (κ2) is 9.55. The fourth-order valence-electron chi connectivity index (χ4n) is 2.08. The predicted molar refractivity (Wildman–Crippen MR) is 74.7 cm³/mol. The lowest BCUT2D eigenvalue weighted by molar-refractivity contribution is -0.139. The number of nitrogens with one attached hydrogen (secondary N) is 2. The lowest BCUT2D eigenvalue weighted by atomic mass is 10.2. The number of carboxylic acid groups (broad SMARTS) is 1. The van der Waals surface area contributed by atoms with Gasteiger partial charge in [0.05, 0.1) is 13.2 Å². The molecular formula is C13H25N3O4. The van der Waals surface area contributed by atoms with Gasteiger partial charge in [0, 0.05) is 19.6 Å². The maximum Gasteiger partial charge on any atom is 0.326 e. The van der Waals surface area contributed by atoms with Gasteiger partial charge >= 0.3 is 12.0 Å². The van der Waals surface area contributed by atoms with E-state index >= 15 is 0 Å². The summed E-state index contributed by atoms with van der Waals surface area (Å²) in [5, 5.41) is 14.1. The molecule has 1 aliphatic rings. The molecule has 0 radical (unpaired) electrons. The molecule has 1 fully saturated rings. The molecule has 0 spiro atoms. The van der Waals surface area contributed by atoms with Crippen LogP contribution in [0.3, 0.4) is 0 Å². The number of carboxylic acids is 1. The van der Waals surface area contributed by atoms with Crippen LogP contribution in [0.25, 0.3) is 0 Å². The van der Waals surface area contributed by atoms with Crippen LogP contribution in [-0.4, -0.2) is 67.4 Å². The minimum atomic E-state index is -0.990. The Bertz CT molecular complexity index is 306. The van der Waals surface area contributed by atoms with E-state index in [1.165, 1.54) is 0 Å². The van der Waals surface area contributed by atoms with Crippen molar-refractivity contribution < 1.29 is 19.4 Å². The van der Waals surface area contributed by atoms with Crippen molar-refractivity contribution >= 4 is 12.0 Å². The van der Waals surface area contributed by atoms with Crippen LogP contribution in [0.15, 0.2) is 0 Å². The predicted octanol–water partition coefficient (Wildman–Crippen LogP) is 0.261. The summed E-state index contributed by atoms with van der Waals surface area (Å²) in [6.07, 6.45) is 2.00. The van der Waals surface area contributed by atoms with E-state index in [0.717, 1.165) is 39.3 Å². The topological polar surface area (TPSA) is 90.9 Å².